The van der Waals surface area contributed by atoms with Crippen molar-refractivity contribution in [3.63, 3.8) is 0 Å². The number of thioether (sulfide) groups is 1. The van der Waals surface area contributed by atoms with E-state index >= 15 is 0 Å². The lowest BCUT2D eigenvalue weighted by Gasteiger charge is -1.98. The molecule has 1 heterocycles. The van der Waals surface area contributed by atoms with Gasteiger partial charge in [-0.05, 0) is 11.4 Å². The topological polar surface area (TPSA) is 58.9 Å². The number of aliphatic imine (C=N–C) groups is 2. The second-order valence-electron chi connectivity index (χ2n) is 1.82. The number of nitrogens with zero attached hydrogens (tertiary/aromatic N) is 2. The Morgan fingerprint density at radius 1 is 1.38 bits per heavy atom. The average Bonchev–Trinajstić information content (AvgIpc) is 2.58. The fourth-order valence-electron chi connectivity index (χ4n) is 0.606. The van der Waals surface area contributed by atoms with Crippen molar-refractivity contribution in [1.29, 1.82) is 0 Å². The number of isocyanates is 2. The Labute approximate surface area is 82.4 Å². The molecule has 4 nitrogen and oxygen atoms in total. The van der Waals surface area contributed by atoms with Crippen molar-refractivity contribution in [1.82, 2.24) is 0 Å². The maximum Gasteiger partial charge on any atom is 0.238 e. The average molecular weight is 212 g/mol. The van der Waals surface area contributed by atoms with Gasteiger partial charge in [0.05, 0.1) is 4.21 Å². The number of hydrogen-bond donors (Lipinski definition) is 0. The molecular weight excluding hydrogens is 208 g/mol. The molecule has 0 spiro atoms. The maximum atomic E-state index is 9.93. The van der Waals surface area contributed by atoms with Gasteiger partial charge >= 0.3 is 0 Å². The molecule has 0 bridgehead atoms. The van der Waals surface area contributed by atoms with Crippen molar-refractivity contribution < 1.29 is 9.59 Å². The van der Waals surface area contributed by atoms with Gasteiger partial charge in [0.2, 0.25) is 17.7 Å². The number of carbonyl (C=O) groups excluding carboxylic acids is 2. The predicted molar refractivity (Wildman–Crippen MR) is 50.2 cm³/mol. The summed E-state index contributed by atoms with van der Waals surface area (Å²) in [5.74, 6) is 0. The SMILES string of the molecule is O=C=NC(N=C=O)Sc1cccs1. The zero-order valence-corrected chi connectivity index (χ0v) is 7.97. The highest BCUT2D eigenvalue weighted by atomic mass is 32.2. The fraction of sp³-hybridized carbons (Fsp3) is 0.143. The Kier molecular flexibility index (Phi) is 4.15. The smallest absolute Gasteiger partial charge is 0.211 e. The summed E-state index contributed by atoms with van der Waals surface area (Å²) in [6.45, 7) is 0. The van der Waals surface area contributed by atoms with Gasteiger partial charge in [-0.2, -0.15) is 9.98 Å². The van der Waals surface area contributed by atoms with Crippen LogP contribution in [0.4, 0.5) is 0 Å². The van der Waals surface area contributed by atoms with Crippen LogP contribution in [0.1, 0.15) is 0 Å². The van der Waals surface area contributed by atoms with E-state index in [0.29, 0.717) is 0 Å². The van der Waals surface area contributed by atoms with E-state index in [1.165, 1.54) is 35.3 Å². The third-order valence-corrected chi connectivity index (χ3v) is 3.07. The number of rotatable bonds is 4. The van der Waals surface area contributed by atoms with Gasteiger partial charge in [-0.3, -0.25) is 0 Å². The van der Waals surface area contributed by atoms with Crippen LogP contribution in [0.5, 0.6) is 0 Å². The normalized spacial score (nSPS) is 11.1. The molecule has 1 aromatic rings. The highest BCUT2D eigenvalue weighted by molar-refractivity contribution is 8.01. The van der Waals surface area contributed by atoms with E-state index in [0.717, 1.165) is 4.21 Å². The molecule has 6 heteroatoms. The van der Waals surface area contributed by atoms with E-state index in [1.807, 2.05) is 17.5 Å². The first kappa shape index (κ1) is 9.89. The monoisotopic (exact) mass is 212 g/mol. The first-order valence-corrected chi connectivity index (χ1v) is 4.97. The molecule has 0 radical (unpaired) electrons. The summed E-state index contributed by atoms with van der Waals surface area (Å²) in [7, 11) is 0. The molecule has 13 heavy (non-hydrogen) atoms. The Hall–Kier alpha value is -1.19. The first-order valence-electron chi connectivity index (χ1n) is 3.21. The third kappa shape index (κ3) is 3.36. The fourth-order valence-corrected chi connectivity index (χ4v) is 2.26. The lowest BCUT2D eigenvalue weighted by molar-refractivity contribution is 0.559. The molecule has 0 amide bonds. The van der Waals surface area contributed by atoms with Crippen LogP contribution in [0.15, 0.2) is 31.7 Å². The van der Waals surface area contributed by atoms with Crippen LogP contribution in [0.25, 0.3) is 0 Å². The minimum Gasteiger partial charge on any atom is -0.211 e. The van der Waals surface area contributed by atoms with E-state index < -0.39 is 5.50 Å². The molecule has 0 fully saturated rings. The maximum absolute atomic E-state index is 9.93. The summed E-state index contributed by atoms with van der Waals surface area (Å²) in [5, 5.41) is 1.88. The molecule has 0 aliphatic heterocycles. The van der Waals surface area contributed by atoms with Gasteiger partial charge in [0.1, 0.15) is 0 Å². The highest BCUT2D eigenvalue weighted by Gasteiger charge is 2.06. The zero-order chi connectivity index (χ0) is 9.52. The quantitative estimate of drug-likeness (QED) is 0.434. The van der Waals surface area contributed by atoms with Crippen molar-refractivity contribution in [3.8, 4) is 0 Å². The molecule has 0 saturated heterocycles. The summed E-state index contributed by atoms with van der Waals surface area (Å²) < 4.78 is 0.933. The molecule has 0 unspecified atom stereocenters. The van der Waals surface area contributed by atoms with Gasteiger partial charge in [0.25, 0.3) is 0 Å². The van der Waals surface area contributed by atoms with E-state index in [2.05, 4.69) is 9.98 Å². The van der Waals surface area contributed by atoms with E-state index in [9.17, 15) is 9.59 Å². The Morgan fingerprint density at radius 2 is 2.08 bits per heavy atom. The molecule has 0 saturated carbocycles. The lowest BCUT2D eigenvalue weighted by Crippen LogP contribution is -1.91. The van der Waals surface area contributed by atoms with Gasteiger partial charge in [0.15, 0.2) is 0 Å². The summed E-state index contributed by atoms with van der Waals surface area (Å²) in [6, 6.07) is 3.71. The Balaban J connectivity index is 2.68. The van der Waals surface area contributed by atoms with Crippen LogP contribution in [-0.4, -0.2) is 17.7 Å². The van der Waals surface area contributed by atoms with Crippen molar-refractivity contribution in [2.75, 3.05) is 0 Å². The largest absolute Gasteiger partial charge is 0.238 e. The third-order valence-electron chi connectivity index (χ3n) is 1.04. The number of hydrogen-bond acceptors (Lipinski definition) is 6. The van der Waals surface area contributed by atoms with Crippen LogP contribution in [0.3, 0.4) is 0 Å². The summed E-state index contributed by atoms with van der Waals surface area (Å²) in [6.07, 6.45) is 2.70. The molecule has 66 valence electrons. The molecule has 1 rings (SSSR count). The van der Waals surface area contributed by atoms with Crippen molar-refractivity contribution in [2.24, 2.45) is 9.98 Å². The van der Waals surface area contributed by atoms with Gasteiger partial charge in [-0.1, -0.05) is 17.8 Å². The van der Waals surface area contributed by atoms with E-state index in [-0.39, 0.29) is 0 Å². The van der Waals surface area contributed by atoms with Gasteiger partial charge in [0, 0.05) is 0 Å². The minimum absolute atomic E-state index is 0.756. The molecular formula is C7H4N2O2S2. The minimum atomic E-state index is -0.756. The number of thiophene rings is 1. The van der Waals surface area contributed by atoms with Crippen LogP contribution in [0, 0.1) is 0 Å². The molecule has 0 aromatic carbocycles. The van der Waals surface area contributed by atoms with Crippen LogP contribution < -0.4 is 0 Å². The van der Waals surface area contributed by atoms with Crippen LogP contribution in [0.2, 0.25) is 0 Å². The van der Waals surface area contributed by atoms with Crippen molar-refractivity contribution in [3.05, 3.63) is 17.5 Å². The molecule has 1 aromatic heterocycles. The van der Waals surface area contributed by atoms with Gasteiger partial charge < -0.3 is 0 Å². The lowest BCUT2D eigenvalue weighted by atomic mass is 10.7. The Bertz CT molecular complexity index is 333. The molecule has 0 aliphatic rings. The molecule has 0 aliphatic carbocycles. The summed E-state index contributed by atoms with van der Waals surface area (Å²) in [4.78, 5) is 26.5. The van der Waals surface area contributed by atoms with Gasteiger partial charge in [-0.15, -0.1) is 11.3 Å². The van der Waals surface area contributed by atoms with Crippen molar-refractivity contribution in [2.45, 2.75) is 9.71 Å². The second-order valence-corrected chi connectivity index (χ2v) is 4.12. The standard InChI is InChI=1S/C7H4N2O2S2/c10-4-8-7(9-5-11)13-6-2-1-3-12-6/h1-3,7H. The summed E-state index contributed by atoms with van der Waals surface area (Å²) in [5.41, 5.74) is -0.756. The molecule has 0 atom stereocenters. The van der Waals surface area contributed by atoms with Crippen LogP contribution >= 0.6 is 23.1 Å². The predicted octanol–water partition coefficient (Wildman–Crippen LogP) is 1.80. The van der Waals surface area contributed by atoms with Crippen molar-refractivity contribution >= 4 is 35.3 Å². The second kappa shape index (κ2) is 5.45. The Morgan fingerprint density at radius 3 is 2.54 bits per heavy atom. The van der Waals surface area contributed by atoms with E-state index in [4.69, 9.17) is 0 Å². The molecule has 0 N–H and O–H groups in total. The van der Waals surface area contributed by atoms with Gasteiger partial charge in [-0.25, -0.2) is 9.59 Å². The van der Waals surface area contributed by atoms with Crippen LogP contribution in [-0.2, 0) is 9.59 Å². The summed E-state index contributed by atoms with van der Waals surface area (Å²) >= 11 is 2.69. The first-order chi connectivity index (χ1) is 6.36. The zero-order valence-electron chi connectivity index (χ0n) is 6.34. The van der Waals surface area contributed by atoms with E-state index in [1.54, 1.807) is 0 Å². The highest BCUT2D eigenvalue weighted by Crippen LogP contribution is 2.28.